The summed E-state index contributed by atoms with van der Waals surface area (Å²) in [6, 6.07) is 5.00. The Balaban J connectivity index is 2.18. The van der Waals surface area contributed by atoms with Crippen LogP contribution in [0.15, 0.2) is 23.1 Å². The molecule has 0 atom stereocenters. The third-order valence-electron chi connectivity index (χ3n) is 3.63. The molecule has 2 N–H and O–H groups in total. The molecule has 1 aliphatic heterocycles. The number of rotatable bonds is 4. The second-order valence-corrected chi connectivity index (χ2v) is 6.99. The van der Waals surface area contributed by atoms with E-state index in [1.807, 2.05) is 6.92 Å². The van der Waals surface area contributed by atoms with Crippen molar-refractivity contribution in [2.24, 2.45) is 0 Å². The number of hydrogen-bond acceptors (Lipinski definition) is 4. The molecule has 6 heteroatoms. The van der Waals surface area contributed by atoms with E-state index in [4.69, 9.17) is 10.5 Å². The molecule has 112 valence electrons. The molecule has 1 aromatic carbocycles. The highest BCUT2D eigenvalue weighted by atomic mass is 32.2. The standard InChI is InChI=1S/C14H22N2O3S/c1-3-19-13-6-8-16(9-7-13)20(17,18)14-10-12(15)5-4-11(14)2/h4-5,10,13H,3,6-9,15H2,1-2H3. The van der Waals surface area contributed by atoms with Crippen molar-refractivity contribution in [3.05, 3.63) is 23.8 Å². The van der Waals surface area contributed by atoms with Crippen LogP contribution in [0.5, 0.6) is 0 Å². The van der Waals surface area contributed by atoms with Crippen LogP contribution in [0.4, 0.5) is 5.69 Å². The van der Waals surface area contributed by atoms with Crippen LogP contribution in [0.3, 0.4) is 0 Å². The maximum Gasteiger partial charge on any atom is 0.243 e. The van der Waals surface area contributed by atoms with E-state index in [0.29, 0.717) is 30.3 Å². The number of nitrogens with zero attached hydrogens (tertiary/aromatic N) is 1. The molecule has 0 saturated carbocycles. The van der Waals surface area contributed by atoms with Crippen molar-refractivity contribution in [3.63, 3.8) is 0 Å². The average Bonchev–Trinajstić information content (AvgIpc) is 2.42. The fourth-order valence-corrected chi connectivity index (χ4v) is 4.24. The van der Waals surface area contributed by atoms with Gasteiger partial charge in [-0.05, 0) is 44.4 Å². The van der Waals surface area contributed by atoms with Crippen molar-refractivity contribution in [2.75, 3.05) is 25.4 Å². The van der Waals surface area contributed by atoms with E-state index in [1.54, 1.807) is 25.1 Å². The number of aryl methyl sites for hydroxylation is 1. The minimum Gasteiger partial charge on any atom is -0.399 e. The summed E-state index contributed by atoms with van der Waals surface area (Å²) in [7, 11) is -3.46. The lowest BCUT2D eigenvalue weighted by Crippen LogP contribution is -2.41. The van der Waals surface area contributed by atoms with Crippen LogP contribution in [-0.2, 0) is 14.8 Å². The smallest absolute Gasteiger partial charge is 0.243 e. The summed E-state index contributed by atoms with van der Waals surface area (Å²) in [6.07, 6.45) is 1.66. The molecule has 2 rings (SSSR count). The summed E-state index contributed by atoms with van der Waals surface area (Å²) in [4.78, 5) is 0.312. The van der Waals surface area contributed by atoms with E-state index in [1.165, 1.54) is 4.31 Å². The molecule has 1 aromatic rings. The van der Waals surface area contributed by atoms with E-state index in [9.17, 15) is 8.42 Å². The summed E-state index contributed by atoms with van der Waals surface area (Å²) in [5.74, 6) is 0. The molecule has 0 radical (unpaired) electrons. The van der Waals surface area contributed by atoms with Gasteiger partial charge in [0.1, 0.15) is 0 Å². The van der Waals surface area contributed by atoms with Crippen molar-refractivity contribution in [2.45, 2.75) is 37.7 Å². The average molecular weight is 298 g/mol. The van der Waals surface area contributed by atoms with Crippen LogP contribution in [0, 0.1) is 6.92 Å². The van der Waals surface area contributed by atoms with Crippen LogP contribution in [0.1, 0.15) is 25.3 Å². The van der Waals surface area contributed by atoms with Gasteiger partial charge in [-0.15, -0.1) is 0 Å². The molecular weight excluding hydrogens is 276 g/mol. The predicted molar refractivity (Wildman–Crippen MR) is 79.0 cm³/mol. The van der Waals surface area contributed by atoms with Crippen LogP contribution in [0.2, 0.25) is 0 Å². The van der Waals surface area contributed by atoms with Crippen LogP contribution in [0.25, 0.3) is 0 Å². The van der Waals surface area contributed by atoms with Gasteiger partial charge < -0.3 is 10.5 Å². The topological polar surface area (TPSA) is 72.6 Å². The maximum atomic E-state index is 12.7. The largest absolute Gasteiger partial charge is 0.399 e. The Morgan fingerprint density at radius 1 is 1.35 bits per heavy atom. The molecule has 1 aliphatic rings. The number of sulfonamides is 1. The molecule has 0 aromatic heterocycles. The molecule has 0 aliphatic carbocycles. The van der Waals surface area contributed by atoms with Gasteiger partial charge in [-0.25, -0.2) is 8.42 Å². The first-order chi connectivity index (χ1) is 9.45. The Kier molecular flexibility index (Phi) is 4.67. The summed E-state index contributed by atoms with van der Waals surface area (Å²) < 4.78 is 32.4. The lowest BCUT2D eigenvalue weighted by Gasteiger charge is -2.31. The number of benzene rings is 1. The van der Waals surface area contributed by atoms with Gasteiger partial charge in [0.25, 0.3) is 0 Å². The van der Waals surface area contributed by atoms with Crippen LogP contribution < -0.4 is 5.73 Å². The molecule has 1 heterocycles. The molecule has 0 amide bonds. The number of anilines is 1. The molecule has 0 bridgehead atoms. The molecule has 1 saturated heterocycles. The van der Waals surface area contributed by atoms with Gasteiger partial charge in [0.2, 0.25) is 10.0 Å². The highest BCUT2D eigenvalue weighted by molar-refractivity contribution is 7.89. The number of nitrogen functional groups attached to an aromatic ring is 1. The Bertz CT molecular complexity index is 564. The highest BCUT2D eigenvalue weighted by Gasteiger charge is 2.30. The van der Waals surface area contributed by atoms with Crippen LogP contribution >= 0.6 is 0 Å². The Morgan fingerprint density at radius 3 is 2.60 bits per heavy atom. The molecule has 0 spiro atoms. The lowest BCUT2D eigenvalue weighted by atomic mass is 10.1. The normalized spacial score (nSPS) is 18.3. The zero-order valence-electron chi connectivity index (χ0n) is 12.0. The fourth-order valence-electron chi connectivity index (χ4n) is 2.51. The zero-order chi connectivity index (χ0) is 14.8. The molecule has 1 fully saturated rings. The van der Waals surface area contributed by atoms with Crippen molar-refractivity contribution in [3.8, 4) is 0 Å². The SMILES string of the molecule is CCOC1CCN(S(=O)(=O)c2cc(N)ccc2C)CC1. The van der Waals surface area contributed by atoms with Crippen LogP contribution in [-0.4, -0.2) is 38.5 Å². The summed E-state index contributed by atoms with van der Waals surface area (Å²) >= 11 is 0. The highest BCUT2D eigenvalue weighted by Crippen LogP contribution is 2.25. The van der Waals surface area contributed by atoms with Gasteiger partial charge in [-0.3, -0.25) is 0 Å². The molecule has 5 nitrogen and oxygen atoms in total. The summed E-state index contributed by atoms with van der Waals surface area (Å²) in [5.41, 5.74) is 6.91. The first kappa shape index (κ1) is 15.3. The molecule has 0 unspecified atom stereocenters. The van der Waals surface area contributed by atoms with Crippen molar-refractivity contribution < 1.29 is 13.2 Å². The van der Waals surface area contributed by atoms with E-state index in [2.05, 4.69) is 0 Å². The fraction of sp³-hybridized carbons (Fsp3) is 0.571. The van der Waals surface area contributed by atoms with E-state index >= 15 is 0 Å². The first-order valence-electron chi connectivity index (χ1n) is 6.93. The second-order valence-electron chi connectivity index (χ2n) is 5.08. The number of ether oxygens (including phenoxy) is 1. The van der Waals surface area contributed by atoms with Gasteiger partial charge in [-0.1, -0.05) is 6.07 Å². The van der Waals surface area contributed by atoms with Crippen molar-refractivity contribution in [1.82, 2.24) is 4.31 Å². The van der Waals surface area contributed by atoms with E-state index in [0.717, 1.165) is 18.4 Å². The Labute approximate surface area is 120 Å². The van der Waals surface area contributed by atoms with Gasteiger partial charge >= 0.3 is 0 Å². The molecule has 20 heavy (non-hydrogen) atoms. The van der Waals surface area contributed by atoms with Gasteiger partial charge in [0, 0.05) is 25.4 Å². The third-order valence-corrected chi connectivity index (χ3v) is 5.67. The first-order valence-corrected chi connectivity index (χ1v) is 8.37. The van der Waals surface area contributed by atoms with E-state index < -0.39 is 10.0 Å². The van der Waals surface area contributed by atoms with Gasteiger partial charge in [0.05, 0.1) is 11.0 Å². The second kappa shape index (κ2) is 6.11. The van der Waals surface area contributed by atoms with Gasteiger partial charge in [-0.2, -0.15) is 4.31 Å². The maximum absolute atomic E-state index is 12.7. The summed E-state index contributed by atoms with van der Waals surface area (Å²) in [5, 5.41) is 0. The Hall–Kier alpha value is -1.11. The minimum absolute atomic E-state index is 0.174. The number of nitrogens with two attached hydrogens (primary N) is 1. The van der Waals surface area contributed by atoms with E-state index in [-0.39, 0.29) is 6.10 Å². The monoisotopic (exact) mass is 298 g/mol. The third kappa shape index (κ3) is 3.13. The lowest BCUT2D eigenvalue weighted by molar-refractivity contribution is 0.0290. The zero-order valence-corrected chi connectivity index (χ0v) is 12.8. The molecular formula is C14H22N2O3S. The predicted octanol–water partition coefficient (Wildman–Crippen LogP) is 1.77. The number of piperidine rings is 1. The minimum atomic E-state index is -3.46. The van der Waals surface area contributed by atoms with Crippen molar-refractivity contribution >= 4 is 15.7 Å². The van der Waals surface area contributed by atoms with Crippen molar-refractivity contribution in [1.29, 1.82) is 0 Å². The summed E-state index contributed by atoms with van der Waals surface area (Å²) in [6.45, 7) is 5.42. The number of hydrogen-bond donors (Lipinski definition) is 1. The quantitative estimate of drug-likeness (QED) is 0.860. The Morgan fingerprint density at radius 2 is 2.00 bits per heavy atom. The van der Waals surface area contributed by atoms with Gasteiger partial charge in [0.15, 0.2) is 0 Å².